The highest BCUT2D eigenvalue weighted by molar-refractivity contribution is 5.25. The fourth-order valence-electron chi connectivity index (χ4n) is 2.67. The van der Waals surface area contributed by atoms with Gasteiger partial charge >= 0.3 is 0 Å². The molecule has 1 aliphatic rings. The molecule has 2 heterocycles. The predicted octanol–water partition coefficient (Wildman–Crippen LogP) is 2.59. The number of hydrogen-bond donors (Lipinski definition) is 1. The van der Waals surface area contributed by atoms with Crippen molar-refractivity contribution in [2.24, 2.45) is 0 Å². The summed E-state index contributed by atoms with van der Waals surface area (Å²) in [5, 5.41) is 3.36. The lowest BCUT2D eigenvalue weighted by atomic mass is 10.0. The van der Waals surface area contributed by atoms with Gasteiger partial charge < -0.3 is 5.32 Å². The van der Waals surface area contributed by atoms with Crippen molar-refractivity contribution >= 4 is 0 Å². The molecule has 1 fully saturated rings. The van der Waals surface area contributed by atoms with E-state index >= 15 is 0 Å². The molecular weight excluding hydrogens is 253 g/mol. The summed E-state index contributed by atoms with van der Waals surface area (Å²) in [6.07, 6.45) is 1.85. The number of aryl methyl sites for hydroxylation is 1. The van der Waals surface area contributed by atoms with Gasteiger partial charge in [-0.3, -0.25) is 0 Å². The van der Waals surface area contributed by atoms with Crippen molar-refractivity contribution in [3.63, 3.8) is 0 Å². The largest absolute Gasteiger partial charge is 0.316 e. The van der Waals surface area contributed by atoms with Crippen molar-refractivity contribution in [3.05, 3.63) is 58.9 Å². The van der Waals surface area contributed by atoms with Gasteiger partial charge in [-0.2, -0.15) is 0 Å². The Labute approximate surface area is 118 Å². The van der Waals surface area contributed by atoms with Crippen LogP contribution in [0, 0.1) is 12.7 Å². The van der Waals surface area contributed by atoms with Gasteiger partial charge in [0.25, 0.3) is 0 Å². The quantitative estimate of drug-likeness (QED) is 0.932. The van der Waals surface area contributed by atoms with Crippen LogP contribution in [-0.2, 0) is 6.42 Å². The van der Waals surface area contributed by atoms with Crippen molar-refractivity contribution in [2.45, 2.75) is 25.7 Å². The van der Waals surface area contributed by atoms with E-state index in [0.717, 1.165) is 48.7 Å². The Morgan fingerprint density at radius 2 is 2.05 bits per heavy atom. The average molecular weight is 271 g/mol. The standard InChI is InChI=1S/C16H18FN3/c1-11-19-15(8-12-2-4-14(17)5-3-12)9-16(20-11)13-6-7-18-10-13/h2-5,9,13,18H,6-8,10H2,1H3. The number of nitrogens with one attached hydrogen (secondary N) is 1. The van der Waals surface area contributed by atoms with Crippen LogP contribution >= 0.6 is 0 Å². The second-order valence-electron chi connectivity index (χ2n) is 5.32. The minimum absolute atomic E-state index is 0.203. The molecule has 2 aromatic rings. The highest BCUT2D eigenvalue weighted by Crippen LogP contribution is 2.21. The molecule has 1 unspecified atom stereocenters. The van der Waals surface area contributed by atoms with Crippen molar-refractivity contribution in [3.8, 4) is 0 Å². The average Bonchev–Trinajstić information content (AvgIpc) is 2.95. The van der Waals surface area contributed by atoms with E-state index in [1.165, 1.54) is 12.1 Å². The van der Waals surface area contributed by atoms with E-state index in [4.69, 9.17) is 0 Å². The molecule has 1 aromatic heterocycles. The fraction of sp³-hybridized carbons (Fsp3) is 0.375. The van der Waals surface area contributed by atoms with E-state index in [-0.39, 0.29) is 5.82 Å². The Bertz CT molecular complexity index is 589. The SMILES string of the molecule is Cc1nc(Cc2ccc(F)cc2)cc(C2CCNC2)n1. The minimum Gasteiger partial charge on any atom is -0.316 e. The summed E-state index contributed by atoms with van der Waals surface area (Å²) in [6.45, 7) is 3.98. The van der Waals surface area contributed by atoms with Crippen LogP contribution in [0.4, 0.5) is 4.39 Å². The van der Waals surface area contributed by atoms with E-state index in [0.29, 0.717) is 5.92 Å². The van der Waals surface area contributed by atoms with Crippen molar-refractivity contribution < 1.29 is 4.39 Å². The second-order valence-corrected chi connectivity index (χ2v) is 5.32. The number of hydrogen-bond acceptors (Lipinski definition) is 3. The molecule has 1 atom stereocenters. The zero-order valence-corrected chi connectivity index (χ0v) is 11.6. The fourth-order valence-corrected chi connectivity index (χ4v) is 2.67. The zero-order valence-electron chi connectivity index (χ0n) is 11.6. The summed E-state index contributed by atoms with van der Waals surface area (Å²) in [5.74, 6) is 1.10. The summed E-state index contributed by atoms with van der Waals surface area (Å²) in [5.41, 5.74) is 3.20. The van der Waals surface area contributed by atoms with Crippen molar-refractivity contribution in [1.29, 1.82) is 0 Å². The molecule has 0 saturated carbocycles. The molecule has 0 radical (unpaired) electrons. The molecule has 1 saturated heterocycles. The molecule has 1 aliphatic heterocycles. The molecular formula is C16H18FN3. The van der Waals surface area contributed by atoms with E-state index in [2.05, 4.69) is 21.4 Å². The minimum atomic E-state index is -0.203. The van der Waals surface area contributed by atoms with Crippen LogP contribution in [0.25, 0.3) is 0 Å². The van der Waals surface area contributed by atoms with Gasteiger partial charge in [-0.25, -0.2) is 14.4 Å². The number of aromatic nitrogens is 2. The molecule has 3 rings (SSSR count). The maximum atomic E-state index is 12.9. The van der Waals surface area contributed by atoms with E-state index in [1.807, 2.05) is 19.1 Å². The molecule has 1 N–H and O–H groups in total. The topological polar surface area (TPSA) is 37.8 Å². The highest BCUT2D eigenvalue weighted by atomic mass is 19.1. The summed E-state index contributed by atoms with van der Waals surface area (Å²) < 4.78 is 12.9. The smallest absolute Gasteiger partial charge is 0.125 e. The van der Waals surface area contributed by atoms with Gasteiger partial charge in [0.2, 0.25) is 0 Å². The van der Waals surface area contributed by atoms with Gasteiger partial charge in [-0.15, -0.1) is 0 Å². The highest BCUT2D eigenvalue weighted by Gasteiger charge is 2.19. The Morgan fingerprint density at radius 1 is 1.25 bits per heavy atom. The van der Waals surface area contributed by atoms with Crippen molar-refractivity contribution in [2.75, 3.05) is 13.1 Å². The Morgan fingerprint density at radius 3 is 2.75 bits per heavy atom. The molecule has 0 amide bonds. The maximum Gasteiger partial charge on any atom is 0.125 e. The normalized spacial score (nSPS) is 18.4. The molecule has 0 spiro atoms. The van der Waals surface area contributed by atoms with Crippen LogP contribution in [0.3, 0.4) is 0 Å². The first-order chi connectivity index (χ1) is 9.70. The zero-order chi connectivity index (χ0) is 13.9. The number of rotatable bonds is 3. The summed E-state index contributed by atoms with van der Waals surface area (Å²) >= 11 is 0. The number of benzene rings is 1. The van der Waals surface area contributed by atoms with E-state index < -0.39 is 0 Å². The van der Waals surface area contributed by atoms with Gasteiger partial charge in [-0.05, 0) is 43.7 Å². The Kier molecular flexibility index (Phi) is 3.74. The van der Waals surface area contributed by atoms with Crippen LogP contribution in [0.2, 0.25) is 0 Å². The molecule has 4 heteroatoms. The van der Waals surface area contributed by atoms with Crippen molar-refractivity contribution in [1.82, 2.24) is 15.3 Å². The van der Waals surface area contributed by atoms with Gasteiger partial charge in [0.05, 0.1) is 0 Å². The summed E-state index contributed by atoms with van der Waals surface area (Å²) in [7, 11) is 0. The third-order valence-corrected chi connectivity index (χ3v) is 3.69. The third kappa shape index (κ3) is 3.02. The lowest BCUT2D eigenvalue weighted by Gasteiger charge is -2.11. The first kappa shape index (κ1) is 13.2. The first-order valence-electron chi connectivity index (χ1n) is 7.00. The molecule has 3 nitrogen and oxygen atoms in total. The second kappa shape index (κ2) is 5.67. The first-order valence-corrected chi connectivity index (χ1v) is 7.00. The molecule has 1 aromatic carbocycles. The molecule has 0 bridgehead atoms. The van der Waals surface area contributed by atoms with Crippen LogP contribution in [-0.4, -0.2) is 23.1 Å². The lowest BCUT2D eigenvalue weighted by molar-refractivity contribution is 0.627. The van der Waals surface area contributed by atoms with Gasteiger partial charge in [0.1, 0.15) is 11.6 Å². The van der Waals surface area contributed by atoms with Crippen LogP contribution in [0.1, 0.15) is 35.1 Å². The lowest BCUT2D eigenvalue weighted by Crippen LogP contribution is -2.10. The van der Waals surface area contributed by atoms with E-state index in [1.54, 1.807) is 0 Å². The van der Waals surface area contributed by atoms with Gasteiger partial charge in [0, 0.05) is 30.3 Å². The summed E-state index contributed by atoms with van der Waals surface area (Å²) in [6, 6.07) is 8.69. The molecule has 20 heavy (non-hydrogen) atoms. The monoisotopic (exact) mass is 271 g/mol. The number of halogens is 1. The molecule has 0 aliphatic carbocycles. The Balaban J connectivity index is 1.83. The molecule has 104 valence electrons. The van der Waals surface area contributed by atoms with E-state index in [9.17, 15) is 4.39 Å². The van der Waals surface area contributed by atoms with Gasteiger partial charge in [0.15, 0.2) is 0 Å². The summed E-state index contributed by atoms with van der Waals surface area (Å²) in [4.78, 5) is 9.06. The van der Waals surface area contributed by atoms with Crippen LogP contribution in [0.15, 0.2) is 30.3 Å². The van der Waals surface area contributed by atoms with Gasteiger partial charge in [-0.1, -0.05) is 12.1 Å². The maximum absolute atomic E-state index is 12.9. The third-order valence-electron chi connectivity index (χ3n) is 3.69. The number of nitrogens with zero attached hydrogens (tertiary/aromatic N) is 2. The van der Waals surface area contributed by atoms with Crippen LogP contribution < -0.4 is 5.32 Å². The predicted molar refractivity (Wildman–Crippen MR) is 76.2 cm³/mol. The Hall–Kier alpha value is -1.81. The van der Waals surface area contributed by atoms with Crippen LogP contribution in [0.5, 0.6) is 0 Å².